The van der Waals surface area contributed by atoms with Crippen molar-refractivity contribution < 1.29 is 5.11 Å². The molecule has 0 amide bonds. The molecule has 4 nitrogen and oxygen atoms in total. The van der Waals surface area contributed by atoms with Crippen molar-refractivity contribution in [2.45, 2.75) is 44.6 Å². The van der Waals surface area contributed by atoms with Crippen LogP contribution in [0.15, 0.2) is 6.20 Å². The summed E-state index contributed by atoms with van der Waals surface area (Å²) in [6.45, 7) is 3.65. The molecule has 18 heavy (non-hydrogen) atoms. The molecule has 3 rings (SSSR count). The molecule has 2 aliphatic heterocycles. The van der Waals surface area contributed by atoms with Crippen LogP contribution in [0.3, 0.4) is 0 Å². The van der Waals surface area contributed by atoms with Crippen LogP contribution in [-0.2, 0) is 13.0 Å². The second-order valence-electron chi connectivity index (χ2n) is 5.67. The minimum atomic E-state index is 0.262. The first-order chi connectivity index (χ1) is 8.88. The monoisotopic (exact) mass is 249 g/mol. The first-order valence-electron chi connectivity index (χ1n) is 7.24. The van der Waals surface area contributed by atoms with Crippen LogP contribution in [-0.4, -0.2) is 34.4 Å². The molecular weight excluding hydrogens is 226 g/mol. The number of aliphatic hydroxyl groups is 1. The molecule has 0 aliphatic carbocycles. The molecule has 0 bridgehead atoms. The van der Waals surface area contributed by atoms with Gasteiger partial charge in [0, 0.05) is 30.8 Å². The number of piperidine rings is 1. The summed E-state index contributed by atoms with van der Waals surface area (Å²) in [5, 5.41) is 12.8. The molecule has 0 spiro atoms. The van der Waals surface area contributed by atoms with E-state index in [2.05, 4.69) is 14.9 Å². The Balaban J connectivity index is 1.74. The van der Waals surface area contributed by atoms with E-state index in [-0.39, 0.29) is 6.61 Å². The summed E-state index contributed by atoms with van der Waals surface area (Å²) >= 11 is 0. The Morgan fingerprint density at radius 3 is 2.94 bits per heavy atom. The average molecular weight is 249 g/mol. The fourth-order valence-corrected chi connectivity index (χ4v) is 3.35. The number of aromatic nitrogens is 2. The Bertz CT molecular complexity index is 396. The van der Waals surface area contributed by atoms with E-state index in [4.69, 9.17) is 0 Å². The van der Waals surface area contributed by atoms with Gasteiger partial charge in [0.15, 0.2) is 0 Å². The van der Waals surface area contributed by atoms with Crippen molar-refractivity contribution in [2.75, 3.05) is 19.7 Å². The average Bonchev–Trinajstić information content (AvgIpc) is 2.83. The topological polar surface area (TPSA) is 50.1 Å². The lowest BCUT2D eigenvalue weighted by molar-refractivity contribution is 0.239. The smallest absolute Gasteiger partial charge is 0.109 e. The van der Waals surface area contributed by atoms with Gasteiger partial charge in [-0.15, -0.1) is 0 Å². The predicted molar refractivity (Wildman–Crippen MR) is 70.6 cm³/mol. The summed E-state index contributed by atoms with van der Waals surface area (Å²) in [5.41, 5.74) is 1.26. The lowest BCUT2D eigenvalue weighted by Gasteiger charge is -2.26. The Morgan fingerprint density at radius 2 is 2.17 bits per heavy atom. The minimum absolute atomic E-state index is 0.262. The number of aliphatic hydroxyl groups excluding tert-OH is 1. The highest BCUT2D eigenvalue weighted by atomic mass is 16.3. The standard InChI is InChI=1S/C14H23N3O/c18-10-12-2-1-7-17-13(12)9-16-14(17)8-11-3-5-15-6-4-11/h9,11-12,15,18H,1-8,10H2. The molecule has 100 valence electrons. The van der Waals surface area contributed by atoms with E-state index in [9.17, 15) is 5.11 Å². The number of nitrogens with one attached hydrogen (secondary N) is 1. The lowest BCUT2D eigenvalue weighted by Crippen LogP contribution is -2.29. The summed E-state index contributed by atoms with van der Waals surface area (Å²) in [7, 11) is 0. The quantitative estimate of drug-likeness (QED) is 0.849. The second-order valence-corrected chi connectivity index (χ2v) is 5.67. The van der Waals surface area contributed by atoms with Crippen LogP contribution >= 0.6 is 0 Å². The van der Waals surface area contributed by atoms with Crippen LogP contribution < -0.4 is 5.32 Å². The number of nitrogens with zero attached hydrogens (tertiary/aromatic N) is 2. The Kier molecular flexibility index (Phi) is 3.66. The second kappa shape index (κ2) is 5.41. The van der Waals surface area contributed by atoms with Gasteiger partial charge in [0.25, 0.3) is 0 Å². The molecule has 0 aromatic carbocycles. The zero-order valence-electron chi connectivity index (χ0n) is 10.9. The zero-order chi connectivity index (χ0) is 12.4. The van der Waals surface area contributed by atoms with Gasteiger partial charge in [-0.3, -0.25) is 0 Å². The number of fused-ring (bicyclic) bond motifs is 1. The number of hydrogen-bond donors (Lipinski definition) is 2. The maximum Gasteiger partial charge on any atom is 0.109 e. The van der Waals surface area contributed by atoms with Gasteiger partial charge in [-0.2, -0.15) is 0 Å². The van der Waals surface area contributed by atoms with Gasteiger partial charge < -0.3 is 15.0 Å². The third-order valence-electron chi connectivity index (χ3n) is 4.47. The van der Waals surface area contributed by atoms with Crippen molar-refractivity contribution in [3.8, 4) is 0 Å². The summed E-state index contributed by atoms with van der Waals surface area (Å²) in [4.78, 5) is 4.62. The summed E-state index contributed by atoms with van der Waals surface area (Å²) in [5.74, 6) is 2.34. The first-order valence-corrected chi connectivity index (χ1v) is 7.24. The summed E-state index contributed by atoms with van der Waals surface area (Å²) in [6, 6.07) is 0. The summed E-state index contributed by atoms with van der Waals surface area (Å²) in [6.07, 6.45) is 7.93. The van der Waals surface area contributed by atoms with Gasteiger partial charge in [0.05, 0.1) is 6.61 Å². The minimum Gasteiger partial charge on any atom is -0.396 e. The van der Waals surface area contributed by atoms with Gasteiger partial charge in [-0.05, 0) is 44.7 Å². The van der Waals surface area contributed by atoms with Gasteiger partial charge >= 0.3 is 0 Å². The van der Waals surface area contributed by atoms with Gasteiger partial charge in [0.1, 0.15) is 5.82 Å². The number of imidazole rings is 1. The molecule has 1 aromatic heterocycles. The van der Waals surface area contributed by atoms with Gasteiger partial charge in [-0.25, -0.2) is 4.98 Å². The first kappa shape index (κ1) is 12.2. The molecule has 1 atom stereocenters. The third-order valence-corrected chi connectivity index (χ3v) is 4.47. The molecule has 1 saturated heterocycles. The lowest BCUT2D eigenvalue weighted by atomic mass is 9.93. The Labute approximate surface area is 108 Å². The molecule has 1 unspecified atom stereocenters. The molecule has 2 aliphatic rings. The molecule has 0 saturated carbocycles. The van der Waals surface area contributed by atoms with Gasteiger partial charge in [0.2, 0.25) is 0 Å². The van der Waals surface area contributed by atoms with E-state index >= 15 is 0 Å². The summed E-state index contributed by atoms with van der Waals surface area (Å²) < 4.78 is 2.37. The van der Waals surface area contributed by atoms with Crippen molar-refractivity contribution in [3.63, 3.8) is 0 Å². The highest BCUT2D eigenvalue weighted by molar-refractivity contribution is 5.14. The third kappa shape index (κ3) is 2.31. The Morgan fingerprint density at radius 1 is 1.33 bits per heavy atom. The van der Waals surface area contributed by atoms with Crippen LogP contribution in [0.4, 0.5) is 0 Å². The van der Waals surface area contributed by atoms with Crippen LogP contribution in [0.2, 0.25) is 0 Å². The maximum absolute atomic E-state index is 9.42. The van der Waals surface area contributed by atoms with E-state index in [1.54, 1.807) is 0 Å². The fraction of sp³-hybridized carbons (Fsp3) is 0.786. The highest BCUT2D eigenvalue weighted by Crippen LogP contribution is 2.29. The fourth-order valence-electron chi connectivity index (χ4n) is 3.35. The van der Waals surface area contributed by atoms with E-state index in [0.29, 0.717) is 5.92 Å². The SMILES string of the molecule is OCC1CCCn2c1cnc2CC1CCNCC1. The molecule has 1 aromatic rings. The molecular formula is C14H23N3O. The molecule has 1 fully saturated rings. The molecule has 0 radical (unpaired) electrons. The van der Waals surface area contributed by atoms with Crippen molar-refractivity contribution in [1.29, 1.82) is 0 Å². The van der Waals surface area contributed by atoms with E-state index < -0.39 is 0 Å². The Hall–Kier alpha value is -0.870. The normalized spacial score (nSPS) is 25.1. The van der Waals surface area contributed by atoms with E-state index in [1.165, 1.54) is 30.8 Å². The van der Waals surface area contributed by atoms with Crippen LogP contribution in [0, 0.1) is 5.92 Å². The molecule has 4 heteroatoms. The van der Waals surface area contributed by atoms with Crippen LogP contribution in [0.5, 0.6) is 0 Å². The predicted octanol–water partition coefficient (Wildman–Crippen LogP) is 1.29. The molecule has 3 heterocycles. The van der Waals surface area contributed by atoms with Crippen molar-refractivity contribution in [1.82, 2.24) is 14.9 Å². The maximum atomic E-state index is 9.42. The van der Waals surface area contributed by atoms with Crippen LogP contribution in [0.25, 0.3) is 0 Å². The van der Waals surface area contributed by atoms with E-state index in [0.717, 1.165) is 38.4 Å². The highest BCUT2D eigenvalue weighted by Gasteiger charge is 2.24. The number of hydrogen-bond acceptors (Lipinski definition) is 3. The van der Waals surface area contributed by atoms with Crippen LogP contribution in [0.1, 0.15) is 43.1 Å². The van der Waals surface area contributed by atoms with E-state index in [1.807, 2.05) is 6.20 Å². The largest absolute Gasteiger partial charge is 0.396 e. The van der Waals surface area contributed by atoms with Crippen molar-refractivity contribution >= 4 is 0 Å². The van der Waals surface area contributed by atoms with Crippen molar-refractivity contribution in [2.24, 2.45) is 5.92 Å². The van der Waals surface area contributed by atoms with Crippen molar-refractivity contribution in [3.05, 3.63) is 17.7 Å². The van der Waals surface area contributed by atoms with Gasteiger partial charge in [-0.1, -0.05) is 0 Å². The molecule has 2 N–H and O–H groups in total. The number of rotatable bonds is 3. The zero-order valence-corrected chi connectivity index (χ0v) is 10.9.